The number of rotatable bonds is 0. The second-order valence-electron chi connectivity index (χ2n) is 11.5. The van der Waals surface area contributed by atoms with Crippen molar-refractivity contribution >= 4 is 78.7 Å². The van der Waals surface area contributed by atoms with Crippen molar-refractivity contribution in [2.75, 3.05) is 10.6 Å². The van der Waals surface area contributed by atoms with Crippen LogP contribution in [0, 0.1) is 0 Å². The highest BCUT2D eigenvalue weighted by Gasteiger charge is 2.16. The molecule has 0 saturated carbocycles. The molecule has 10 nitrogen and oxygen atoms in total. The van der Waals surface area contributed by atoms with Crippen LogP contribution in [0.3, 0.4) is 0 Å². The predicted octanol–water partition coefficient (Wildman–Crippen LogP) is 7.22. The van der Waals surface area contributed by atoms with E-state index in [9.17, 15) is 19.2 Å². The lowest BCUT2D eigenvalue weighted by atomic mass is 10.1. The number of anilines is 2. The fourth-order valence-corrected chi connectivity index (χ4v) is 5.80. The number of amides is 2. The van der Waals surface area contributed by atoms with Gasteiger partial charge in [-0.1, -0.05) is 48.5 Å². The highest BCUT2D eigenvalue weighted by Crippen LogP contribution is 2.32. The molecule has 2 amide bonds. The Morgan fingerprint density at radius 3 is 1.32 bits per heavy atom. The molecule has 0 atom stereocenters. The Hall–Kier alpha value is -5.90. The van der Waals surface area contributed by atoms with Crippen LogP contribution in [0.5, 0.6) is 11.5 Å². The largest absolute Gasteiger partial charge is 0.424 e. The number of nitrogens with zero attached hydrogens (tertiary/aromatic N) is 2. The Kier molecular flexibility index (Phi) is 8.14. The summed E-state index contributed by atoms with van der Waals surface area (Å²) in [6.07, 6.45) is 1.62. The summed E-state index contributed by atoms with van der Waals surface area (Å²) in [6.45, 7) is 0. The third-order valence-corrected chi connectivity index (χ3v) is 8.08. The standard InChI is InChI=1S/C37H30N4O6/c42-30-16-7-17-31(43)39-27-13-4-9-23-21-25-11-6-15-29(37(25)41-35(23)27)47-33(45)19-2-1-18-32(44)46-28-14-5-10-24-20-22-8-3-12-26(38-30)34(22)40-36(24)28/h3-6,8-15,20-21H,1-2,7,16-19H2,(H,38,42)(H,39,43). The first-order chi connectivity index (χ1) is 22.9. The first-order valence-corrected chi connectivity index (χ1v) is 15.6. The fraction of sp³-hybridized carbons (Fsp3) is 0.189. The van der Waals surface area contributed by atoms with E-state index < -0.39 is 11.9 Å². The average molecular weight is 627 g/mol. The van der Waals surface area contributed by atoms with Gasteiger partial charge in [-0.05, 0) is 55.7 Å². The van der Waals surface area contributed by atoms with E-state index in [1.54, 1.807) is 36.4 Å². The SMILES string of the molecule is O=C1CCCC(=O)Nc2cccc3cc4cccc(c4nc23)OC(=O)CCCCC(=O)Oc2cccc3cc4cccc(c4nc23)N1. The normalized spacial score (nSPS) is 15.5. The lowest BCUT2D eigenvalue weighted by molar-refractivity contribution is -0.136. The minimum Gasteiger partial charge on any atom is -0.424 e. The molecule has 234 valence electrons. The van der Waals surface area contributed by atoms with Gasteiger partial charge in [0.1, 0.15) is 11.0 Å². The molecule has 47 heavy (non-hydrogen) atoms. The first kappa shape index (κ1) is 29.8. The van der Waals surface area contributed by atoms with Gasteiger partial charge >= 0.3 is 11.9 Å². The Balaban J connectivity index is 1.20. The van der Waals surface area contributed by atoms with Crippen molar-refractivity contribution in [3.63, 3.8) is 0 Å². The van der Waals surface area contributed by atoms with E-state index in [-0.39, 0.29) is 37.5 Å². The van der Waals surface area contributed by atoms with E-state index in [1.165, 1.54) is 0 Å². The maximum absolute atomic E-state index is 13.0. The van der Waals surface area contributed by atoms with E-state index in [1.807, 2.05) is 48.5 Å². The van der Waals surface area contributed by atoms with Gasteiger partial charge < -0.3 is 20.1 Å². The molecule has 4 aromatic carbocycles. The van der Waals surface area contributed by atoms with Gasteiger partial charge in [0.15, 0.2) is 11.5 Å². The molecule has 2 aromatic heterocycles. The Morgan fingerprint density at radius 2 is 0.872 bits per heavy atom. The molecule has 0 spiro atoms. The molecule has 3 heterocycles. The molecule has 10 heteroatoms. The van der Waals surface area contributed by atoms with Gasteiger partial charge in [-0.2, -0.15) is 0 Å². The lowest BCUT2D eigenvalue weighted by Gasteiger charge is -2.12. The van der Waals surface area contributed by atoms with Crippen molar-refractivity contribution < 1.29 is 28.7 Å². The zero-order valence-electron chi connectivity index (χ0n) is 25.4. The van der Waals surface area contributed by atoms with E-state index in [2.05, 4.69) is 10.6 Å². The number of pyridine rings is 2. The molecule has 0 aliphatic carbocycles. The summed E-state index contributed by atoms with van der Waals surface area (Å²) in [4.78, 5) is 61.2. The number of para-hydroxylation sites is 4. The second kappa shape index (κ2) is 12.8. The maximum Gasteiger partial charge on any atom is 0.311 e. The number of ether oxygens (including phenoxy) is 2. The van der Waals surface area contributed by atoms with Crippen molar-refractivity contribution in [2.45, 2.75) is 44.9 Å². The summed E-state index contributed by atoms with van der Waals surface area (Å²) in [5.41, 5.74) is 3.12. The number of carbonyl (C=O) groups is 4. The molecule has 0 unspecified atom stereocenters. The maximum atomic E-state index is 13.0. The summed E-state index contributed by atoms with van der Waals surface area (Å²) < 4.78 is 11.4. The van der Waals surface area contributed by atoms with Crippen LogP contribution < -0.4 is 20.1 Å². The first-order valence-electron chi connectivity index (χ1n) is 15.6. The molecular weight excluding hydrogens is 596 g/mol. The van der Waals surface area contributed by atoms with Crippen molar-refractivity contribution in [1.82, 2.24) is 9.97 Å². The van der Waals surface area contributed by atoms with E-state index in [0.29, 0.717) is 64.2 Å². The summed E-state index contributed by atoms with van der Waals surface area (Å²) in [6, 6.07) is 25.5. The zero-order chi connectivity index (χ0) is 32.3. The molecule has 4 bridgehead atoms. The monoisotopic (exact) mass is 626 g/mol. The Bertz CT molecular complexity index is 2070. The number of esters is 2. The molecule has 7 rings (SSSR count). The lowest BCUT2D eigenvalue weighted by Crippen LogP contribution is -2.15. The highest BCUT2D eigenvalue weighted by atomic mass is 16.5. The quantitative estimate of drug-likeness (QED) is 0.102. The minimum absolute atomic E-state index is 0.106. The molecule has 0 radical (unpaired) electrons. The molecule has 1 aliphatic heterocycles. The summed E-state index contributed by atoms with van der Waals surface area (Å²) >= 11 is 0. The van der Waals surface area contributed by atoms with Gasteiger partial charge in [0, 0.05) is 47.2 Å². The van der Waals surface area contributed by atoms with E-state index in [4.69, 9.17) is 19.4 Å². The van der Waals surface area contributed by atoms with Gasteiger partial charge in [0.05, 0.1) is 22.4 Å². The Labute approximate surface area is 269 Å². The third kappa shape index (κ3) is 6.44. The second-order valence-corrected chi connectivity index (χ2v) is 11.5. The van der Waals surface area contributed by atoms with Crippen LogP contribution in [0.2, 0.25) is 0 Å². The number of aromatic nitrogens is 2. The van der Waals surface area contributed by atoms with Gasteiger partial charge in [0.2, 0.25) is 11.8 Å². The third-order valence-electron chi connectivity index (χ3n) is 8.08. The molecule has 0 saturated heterocycles. The fourth-order valence-electron chi connectivity index (χ4n) is 5.80. The van der Waals surface area contributed by atoms with Gasteiger partial charge in [-0.25, -0.2) is 9.97 Å². The van der Waals surface area contributed by atoms with Crippen LogP contribution in [-0.4, -0.2) is 33.7 Å². The van der Waals surface area contributed by atoms with Crippen molar-refractivity contribution in [1.29, 1.82) is 0 Å². The van der Waals surface area contributed by atoms with Gasteiger partial charge in [-0.15, -0.1) is 0 Å². The number of hydrogen-bond donors (Lipinski definition) is 2. The Morgan fingerprint density at radius 1 is 0.468 bits per heavy atom. The highest BCUT2D eigenvalue weighted by molar-refractivity contribution is 6.06. The average Bonchev–Trinajstić information content (AvgIpc) is 3.05. The van der Waals surface area contributed by atoms with Crippen LogP contribution in [0.4, 0.5) is 11.4 Å². The van der Waals surface area contributed by atoms with Gasteiger partial charge in [0.25, 0.3) is 0 Å². The molecule has 2 N–H and O–H groups in total. The van der Waals surface area contributed by atoms with Gasteiger partial charge in [-0.3, -0.25) is 19.2 Å². The molecule has 1 aliphatic rings. The van der Waals surface area contributed by atoms with E-state index in [0.717, 1.165) is 21.5 Å². The van der Waals surface area contributed by atoms with Crippen LogP contribution in [-0.2, 0) is 19.2 Å². The van der Waals surface area contributed by atoms with Crippen molar-refractivity contribution in [3.05, 3.63) is 84.9 Å². The smallest absolute Gasteiger partial charge is 0.311 e. The number of hydrogen-bond acceptors (Lipinski definition) is 8. The molecule has 6 aromatic rings. The topological polar surface area (TPSA) is 137 Å². The molecule has 0 fully saturated rings. The summed E-state index contributed by atoms with van der Waals surface area (Å²) in [5, 5.41) is 9.05. The van der Waals surface area contributed by atoms with Crippen LogP contribution in [0.15, 0.2) is 84.9 Å². The van der Waals surface area contributed by atoms with Crippen LogP contribution in [0.25, 0.3) is 43.6 Å². The molecular formula is C37H30N4O6. The van der Waals surface area contributed by atoms with E-state index >= 15 is 0 Å². The van der Waals surface area contributed by atoms with Crippen LogP contribution >= 0.6 is 0 Å². The van der Waals surface area contributed by atoms with Crippen molar-refractivity contribution in [2.24, 2.45) is 0 Å². The predicted molar refractivity (Wildman–Crippen MR) is 179 cm³/mol. The summed E-state index contributed by atoms with van der Waals surface area (Å²) in [7, 11) is 0. The number of nitrogens with one attached hydrogen (secondary N) is 2. The number of benzene rings is 4. The number of carbonyl (C=O) groups excluding carboxylic acids is 4. The summed E-state index contributed by atoms with van der Waals surface area (Å²) in [5.74, 6) is -0.765. The minimum atomic E-state index is -0.441. The zero-order valence-corrected chi connectivity index (χ0v) is 25.4. The van der Waals surface area contributed by atoms with Crippen LogP contribution in [0.1, 0.15) is 44.9 Å². The van der Waals surface area contributed by atoms with Crippen molar-refractivity contribution in [3.8, 4) is 11.5 Å².